The highest BCUT2D eigenvalue weighted by atomic mass is 16.4. The van der Waals surface area contributed by atoms with Crippen LogP contribution in [0.4, 0.5) is 0 Å². The predicted molar refractivity (Wildman–Crippen MR) is 34.6 cm³/mol. The first-order chi connectivity index (χ1) is 4.68. The van der Waals surface area contributed by atoms with Crippen molar-refractivity contribution in [3.05, 3.63) is 0 Å². The zero-order valence-corrected chi connectivity index (χ0v) is 5.67. The molecule has 1 aliphatic carbocycles. The average molecular weight is 142 g/mol. The Morgan fingerprint density at radius 3 is 2.40 bits per heavy atom. The number of carbonyl (C=O) groups excluding carboxylic acids is 1. The van der Waals surface area contributed by atoms with E-state index in [1.807, 2.05) is 0 Å². The molecule has 1 rings (SSSR count). The van der Waals surface area contributed by atoms with Gasteiger partial charge in [-0.15, -0.1) is 0 Å². The van der Waals surface area contributed by atoms with Gasteiger partial charge in [0.2, 0.25) is 0 Å². The average Bonchev–Trinajstić information content (AvgIpc) is 2.46. The zero-order chi connectivity index (χ0) is 7.56. The minimum absolute atomic E-state index is 0.130. The van der Waals surface area contributed by atoms with Crippen LogP contribution in [0.5, 0.6) is 0 Å². The maximum Gasteiger partial charge on any atom is 0.310 e. The van der Waals surface area contributed by atoms with Gasteiger partial charge in [-0.3, -0.25) is 9.59 Å². The summed E-state index contributed by atoms with van der Waals surface area (Å²) in [6.07, 6.45) is 2.39. The Labute approximate surface area is 59.0 Å². The molecule has 1 N–H and O–H groups in total. The van der Waals surface area contributed by atoms with Crippen LogP contribution in [0.25, 0.3) is 0 Å². The van der Waals surface area contributed by atoms with Crippen LogP contribution < -0.4 is 0 Å². The van der Waals surface area contributed by atoms with Crippen molar-refractivity contribution in [2.75, 3.05) is 0 Å². The summed E-state index contributed by atoms with van der Waals surface area (Å²) in [5.41, 5.74) is 0. The van der Waals surface area contributed by atoms with Crippen LogP contribution in [-0.2, 0) is 9.59 Å². The van der Waals surface area contributed by atoms with Crippen LogP contribution in [-0.4, -0.2) is 16.9 Å². The molecule has 0 atom stereocenters. The van der Waals surface area contributed by atoms with E-state index in [2.05, 4.69) is 0 Å². The van der Waals surface area contributed by atoms with E-state index in [9.17, 15) is 9.59 Å². The molecule has 1 fully saturated rings. The highest BCUT2D eigenvalue weighted by Crippen LogP contribution is 2.32. The van der Waals surface area contributed by atoms with Crippen molar-refractivity contribution >= 4 is 11.8 Å². The first kappa shape index (κ1) is 7.25. The van der Waals surface area contributed by atoms with Crippen molar-refractivity contribution in [3.8, 4) is 0 Å². The Hall–Kier alpha value is -0.860. The summed E-state index contributed by atoms with van der Waals surface area (Å²) >= 11 is 0. The monoisotopic (exact) mass is 142 g/mol. The van der Waals surface area contributed by atoms with Gasteiger partial charge in [-0.05, 0) is 18.8 Å². The lowest BCUT2D eigenvalue weighted by Crippen LogP contribution is -2.06. The lowest BCUT2D eigenvalue weighted by molar-refractivity contribution is -0.140. The van der Waals surface area contributed by atoms with Crippen molar-refractivity contribution in [3.63, 3.8) is 0 Å². The van der Waals surface area contributed by atoms with E-state index in [-0.39, 0.29) is 12.2 Å². The molecular weight excluding hydrogens is 132 g/mol. The SMILES string of the molecule is O=C(O)CC(=O)CC1CC1. The maximum absolute atomic E-state index is 10.7. The third-order valence-corrected chi connectivity index (χ3v) is 1.56. The third kappa shape index (κ3) is 2.62. The van der Waals surface area contributed by atoms with Gasteiger partial charge in [-0.25, -0.2) is 0 Å². The molecule has 0 aromatic heterocycles. The molecule has 0 radical (unpaired) electrons. The number of rotatable bonds is 4. The maximum atomic E-state index is 10.7. The van der Waals surface area contributed by atoms with Gasteiger partial charge in [0.25, 0.3) is 0 Å². The van der Waals surface area contributed by atoms with E-state index in [1.54, 1.807) is 0 Å². The van der Waals surface area contributed by atoms with E-state index in [4.69, 9.17) is 5.11 Å². The van der Waals surface area contributed by atoms with Crippen molar-refractivity contribution in [2.45, 2.75) is 25.7 Å². The van der Waals surface area contributed by atoms with Crippen molar-refractivity contribution in [1.29, 1.82) is 0 Å². The molecule has 0 aliphatic heterocycles. The normalized spacial score (nSPS) is 16.8. The molecule has 0 bridgehead atoms. The van der Waals surface area contributed by atoms with Crippen LogP contribution >= 0.6 is 0 Å². The largest absolute Gasteiger partial charge is 0.481 e. The Kier molecular flexibility index (Phi) is 2.04. The Morgan fingerprint density at radius 2 is 2.00 bits per heavy atom. The van der Waals surface area contributed by atoms with Crippen molar-refractivity contribution < 1.29 is 14.7 Å². The summed E-state index contributed by atoms with van der Waals surface area (Å²) in [4.78, 5) is 20.7. The number of hydrogen-bond acceptors (Lipinski definition) is 2. The molecule has 0 saturated heterocycles. The number of carboxylic acid groups (broad SMARTS) is 1. The Morgan fingerprint density at radius 1 is 1.40 bits per heavy atom. The van der Waals surface area contributed by atoms with Gasteiger partial charge in [-0.2, -0.15) is 0 Å². The summed E-state index contributed by atoms with van der Waals surface area (Å²) < 4.78 is 0. The molecule has 56 valence electrons. The van der Waals surface area contributed by atoms with E-state index in [0.29, 0.717) is 12.3 Å². The summed E-state index contributed by atoms with van der Waals surface area (Å²) in [6, 6.07) is 0. The molecule has 0 spiro atoms. The molecular formula is C7H10O3. The van der Waals surface area contributed by atoms with Crippen molar-refractivity contribution in [1.82, 2.24) is 0 Å². The lowest BCUT2D eigenvalue weighted by Gasteiger charge is -1.92. The summed E-state index contributed by atoms with van der Waals surface area (Å²) in [5, 5.41) is 8.20. The fourth-order valence-electron chi connectivity index (χ4n) is 0.885. The molecule has 0 amide bonds. The molecule has 0 heterocycles. The Balaban J connectivity index is 2.14. The van der Waals surface area contributed by atoms with E-state index in [0.717, 1.165) is 12.8 Å². The van der Waals surface area contributed by atoms with Crippen LogP contribution in [0.15, 0.2) is 0 Å². The second-order valence-corrected chi connectivity index (χ2v) is 2.76. The second-order valence-electron chi connectivity index (χ2n) is 2.76. The van der Waals surface area contributed by atoms with Crippen LogP contribution in [0, 0.1) is 5.92 Å². The topological polar surface area (TPSA) is 54.4 Å². The molecule has 10 heavy (non-hydrogen) atoms. The fraction of sp³-hybridized carbons (Fsp3) is 0.714. The van der Waals surface area contributed by atoms with Crippen LogP contribution in [0.3, 0.4) is 0 Å². The van der Waals surface area contributed by atoms with Gasteiger partial charge in [0, 0.05) is 6.42 Å². The summed E-state index contributed by atoms with van der Waals surface area (Å²) in [5.74, 6) is -0.632. The third-order valence-electron chi connectivity index (χ3n) is 1.56. The first-order valence-electron chi connectivity index (χ1n) is 3.42. The van der Waals surface area contributed by atoms with Gasteiger partial charge in [0.05, 0.1) is 0 Å². The van der Waals surface area contributed by atoms with E-state index < -0.39 is 5.97 Å². The molecule has 1 saturated carbocycles. The molecule has 1 aliphatic rings. The van der Waals surface area contributed by atoms with Crippen LogP contribution in [0.2, 0.25) is 0 Å². The minimum Gasteiger partial charge on any atom is -0.481 e. The number of hydrogen-bond donors (Lipinski definition) is 1. The zero-order valence-electron chi connectivity index (χ0n) is 5.67. The standard InChI is InChI=1S/C7H10O3/c8-6(4-7(9)10)3-5-1-2-5/h5H,1-4H2,(H,9,10). The van der Waals surface area contributed by atoms with E-state index in [1.165, 1.54) is 0 Å². The molecule has 3 heteroatoms. The smallest absolute Gasteiger partial charge is 0.310 e. The summed E-state index contributed by atoms with van der Waals surface area (Å²) in [6.45, 7) is 0. The van der Waals surface area contributed by atoms with Crippen LogP contribution in [0.1, 0.15) is 25.7 Å². The highest BCUT2D eigenvalue weighted by molar-refractivity contribution is 5.94. The number of carboxylic acids is 1. The fourth-order valence-corrected chi connectivity index (χ4v) is 0.885. The van der Waals surface area contributed by atoms with Crippen molar-refractivity contribution in [2.24, 2.45) is 5.92 Å². The molecule has 0 unspecified atom stereocenters. The molecule has 3 nitrogen and oxygen atoms in total. The number of aliphatic carboxylic acids is 1. The van der Waals surface area contributed by atoms with Gasteiger partial charge in [0.15, 0.2) is 0 Å². The second kappa shape index (κ2) is 2.82. The molecule has 0 aromatic carbocycles. The van der Waals surface area contributed by atoms with Gasteiger partial charge < -0.3 is 5.11 Å². The van der Waals surface area contributed by atoms with Gasteiger partial charge in [-0.1, -0.05) is 0 Å². The minimum atomic E-state index is -1.01. The number of carbonyl (C=O) groups is 2. The summed E-state index contributed by atoms with van der Waals surface area (Å²) in [7, 11) is 0. The predicted octanol–water partition coefficient (Wildman–Crippen LogP) is 0.830. The molecule has 0 aromatic rings. The van der Waals surface area contributed by atoms with E-state index >= 15 is 0 Å². The lowest BCUT2D eigenvalue weighted by atomic mass is 10.1. The Bertz CT molecular complexity index is 158. The number of Topliss-reactive ketones (excluding diaryl/α,β-unsaturated/α-hetero) is 1. The van der Waals surface area contributed by atoms with Gasteiger partial charge in [0.1, 0.15) is 12.2 Å². The number of ketones is 1. The highest BCUT2D eigenvalue weighted by Gasteiger charge is 2.24. The van der Waals surface area contributed by atoms with Gasteiger partial charge >= 0.3 is 5.97 Å². The first-order valence-corrected chi connectivity index (χ1v) is 3.42. The quantitative estimate of drug-likeness (QED) is 0.591.